The van der Waals surface area contributed by atoms with Gasteiger partial charge in [0.05, 0.1) is 2.74 Å². The molecule has 0 amide bonds. The molecule has 1 aromatic heterocycles. The summed E-state index contributed by atoms with van der Waals surface area (Å²) in [6.07, 6.45) is -0.667. The molecule has 0 aliphatic rings. The lowest BCUT2D eigenvalue weighted by atomic mass is 10.5. The first kappa shape index (κ1) is 3.80. The van der Waals surface area contributed by atoms with E-state index in [9.17, 15) is 0 Å². The van der Waals surface area contributed by atoms with Gasteiger partial charge in [-0.3, -0.25) is 0 Å². The molecule has 1 aromatic rings. The first-order valence-corrected chi connectivity index (χ1v) is 2.43. The minimum atomic E-state index is -0.342. The van der Waals surface area contributed by atoms with Gasteiger partial charge in [-0.1, -0.05) is 11.6 Å². The van der Waals surface area contributed by atoms with Crippen LogP contribution < -0.4 is 0 Å². The van der Waals surface area contributed by atoms with Crippen LogP contribution in [-0.2, 0) is 0 Å². The fraction of sp³-hybridized carbons (Fsp3) is 0. The minimum Gasteiger partial charge on any atom is -0.241 e. The van der Waals surface area contributed by atoms with E-state index in [1.54, 1.807) is 6.07 Å². The fourth-order valence-corrected chi connectivity index (χ4v) is 0.452. The maximum atomic E-state index is 8.35. The van der Waals surface area contributed by atoms with E-state index in [4.69, 9.17) is 19.6 Å². The number of hydrogen-bond donors (Lipinski definition) is 0. The van der Waals surface area contributed by atoms with Crippen LogP contribution in [0, 0.1) is 11.3 Å². The molecule has 0 aliphatic heterocycles. The largest absolute Gasteiger partial charge is 0.241 e. The molecule has 9 heavy (non-hydrogen) atoms. The number of nitrogens with zero attached hydrogens (tertiary/aromatic N) is 3. The van der Waals surface area contributed by atoms with E-state index >= 15 is 0 Å². The van der Waals surface area contributed by atoms with Gasteiger partial charge < -0.3 is 0 Å². The lowest BCUT2D eigenvalue weighted by molar-refractivity contribution is 1.16. The van der Waals surface area contributed by atoms with Crippen molar-refractivity contribution in [3.05, 3.63) is 23.2 Å². The number of halogens is 1. The molecule has 0 saturated carbocycles. The third kappa shape index (κ3) is 1.15. The Morgan fingerprint density at radius 1 is 1.67 bits per heavy atom. The summed E-state index contributed by atoms with van der Waals surface area (Å²) in [4.78, 5) is 6.82. The second-order valence-corrected chi connectivity index (χ2v) is 1.56. The summed E-state index contributed by atoms with van der Waals surface area (Å²) in [6, 6.07) is 1.65. The average molecular weight is 142 g/mol. The second kappa shape index (κ2) is 2.42. The van der Waals surface area contributed by atoms with Crippen LogP contribution in [0.15, 0.2) is 12.3 Å². The van der Waals surface area contributed by atoms with Gasteiger partial charge in [-0.25, -0.2) is 9.97 Å². The van der Waals surface area contributed by atoms with Gasteiger partial charge in [0.25, 0.3) is 0 Å². The van der Waals surface area contributed by atoms with Gasteiger partial charge in [-0.15, -0.1) is 0 Å². The van der Waals surface area contributed by atoms with Gasteiger partial charge in [-0.05, 0) is 0 Å². The zero-order chi connectivity index (χ0) is 8.43. The molecule has 0 atom stereocenters. The highest BCUT2D eigenvalue weighted by Gasteiger charge is 1.96. The maximum Gasteiger partial charge on any atom is 0.177 e. The van der Waals surface area contributed by atoms with Gasteiger partial charge in [0, 0.05) is 12.3 Å². The van der Waals surface area contributed by atoms with Crippen molar-refractivity contribution >= 4 is 11.6 Å². The van der Waals surface area contributed by atoms with Crippen LogP contribution in [-0.4, -0.2) is 9.97 Å². The highest BCUT2D eigenvalue weighted by molar-refractivity contribution is 6.30. The predicted molar refractivity (Wildman–Crippen MR) is 31.8 cm³/mol. The topological polar surface area (TPSA) is 49.6 Å². The third-order valence-corrected chi connectivity index (χ3v) is 0.937. The van der Waals surface area contributed by atoms with Crippen LogP contribution in [0.3, 0.4) is 0 Å². The summed E-state index contributed by atoms with van der Waals surface area (Å²) >= 11 is 5.40. The normalized spacial score (nSPS) is 11.6. The van der Waals surface area contributed by atoms with Crippen LogP contribution in [0.1, 0.15) is 8.44 Å². The Hall–Kier alpha value is -1.14. The summed E-state index contributed by atoms with van der Waals surface area (Å²) in [7, 11) is 0. The van der Waals surface area contributed by atoms with E-state index in [-0.39, 0.29) is 23.2 Å². The maximum absolute atomic E-state index is 8.35. The van der Waals surface area contributed by atoms with Crippen LogP contribution in [0.25, 0.3) is 0 Å². The Bertz CT molecular complexity index is 333. The molecule has 0 spiro atoms. The zero-order valence-corrected chi connectivity index (χ0v) is 4.98. The van der Waals surface area contributed by atoms with Crippen LogP contribution >= 0.6 is 11.6 Å². The number of nitriles is 1. The van der Waals surface area contributed by atoms with Crippen LogP contribution in [0.5, 0.6) is 0 Å². The summed E-state index contributed by atoms with van der Waals surface area (Å²) in [6.45, 7) is 0. The zero-order valence-electron chi connectivity index (χ0n) is 6.22. The molecule has 0 N–H and O–H groups in total. The van der Waals surface area contributed by atoms with E-state index in [2.05, 4.69) is 9.97 Å². The lowest BCUT2D eigenvalue weighted by Crippen LogP contribution is -1.84. The number of hydrogen-bond acceptors (Lipinski definition) is 3. The molecule has 4 heteroatoms. The predicted octanol–water partition coefficient (Wildman–Crippen LogP) is 1.00. The van der Waals surface area contributed by atoms with Crippen molar-refractivity contribution < 1.29 is 2.74 Å². The summed E-state index contributed by atoms with van der Waals surface area (Å²) in [5.41, 5.74) is -0.118. The Balaban J connectivity index is 3.35. The van der Waals surface area contributed by atoms with Gasteiger partial charge in [0.15, 0.2) is 10.8 Å². The van der Waals surface area contributed by atoms with Crippen LogP contribution in [0.2, 0.25) is 5.15 Å². The summed E-state index contributed by atoms with van der Waals surface area (Å²) < 4.78 is 14.0. The summed E-state index contributed by atoms with van der Waals surface area (Å²) in [5, 5.41) is 8.22. The van der Waals surface area contributed by atoms with Crippen molar-refractivity contribution in [2.24, 2.45) is 0 Å². The SMILES string of the molecule is [2H]c1nc(Cl)c(C#N)nc1[2H]. The van der Waals surface area contributed by atoms with E-state index in [1.165, 1.54) is 0 Å². The molecular formula is C5H2ClN3. The molecule has 0 unspecified atom stereocenters. The molecule has 1 rings (SSSR count). The Kier molecular flexibility index (Phi) is 1.02. The first-order valence-electron chi connectivity index (χ1n) is 3.06. The van der Waals surface area contributed by atoms with Gasteiger partial charge >= 0.3 is 0 Å². The van der Waals surface area contributed by atoms with E-state index in [0.717, 1.165) is 0 Å². The number of rotatable bonds is 0. The quantitative estimate of drug-likeness (QED) is 0.542. The van der Waals surface area contributed by atoms with Crippen molar-refractivity contribution in [2.45, 2.75) is 0 Å². The van der Waals surface area contributed by atoms with Crippen LogP contribution in [0.4, 0.5) is 0 Å². The van der Waals surface area contributed by atoms with Gasteiger partial charge in [0.1, 0.15) is 6.07 Å². The Morgan fingerprint density at radius 2 is 2.33 bits per heavy atom. The van der Waals surface area contributed by atoms with Crippen molar-refractivity contribution in [1.29, 1.82) is 5.26 Å². The smallest absolute Gasteiger partial charge is 0.177 e. The molecule has 1 heterocycles. The van der Waals surface area contributed by atoms with Gasteiger partial charge in [-0.2, -0.15) is 5.26 Å². The molecule has 0 fully saturated rings. The molecule has 0 radical (unpaired) electrons. The van der Waals surface area contributed by atoms with Crippen molar-refractivity contribution in [3.8, 4) is 6.07 Å². The van der Waals surface area contributed by atoms with E-state index in [0.29, 0.717) is 0 Å². The van der Waals surface area contributed by atoms with Gasteiger partial charge in [0.2, 0.25) is 0 Å². The highest BCUT2D eigenvalue weighted by atomic mass is 35.5. The third-order valence-electron chi connectivity index (χ3n) is 0.673. The number of aromatic nitrogens is 2. The molecule has 0 aromatic carbocycles. The molecular weight excluding hydrogens is 138 g/mol. The highest BCUT2D eigenvalue weighted by Crippen LogP contribution is 2.05. The lowest BCUT2D eigenvalue weighted by Gasteiger charge is -1.86. The molecule has 0 aliphatic carbocycles. The first-order chi connectivity index (χ1) is 5.15. The van der Waals surface area contributed by atoms with Crippen molar-refractivity contribution in [1.82, 2.24) is 9.97 Å². The van der Waals surface area contributed by atoms with E-state index in [1.807, 2.05) is 0 Å². The molecule has 44 valence electrons. The standard InChI is InChI=1S/C5H2ClN3/c6-5-4(3-7)8-1-2-9-5/h1-2H/i1D,2D. The van der Waals surface area contributed by atoms with E-state index < -0.39 is 0 Å². The molecule has 3 nitrogen and oxygen atoms in total. The van der Waals surface area contributed by atoms with Crippen molar-refractivity contribution in [2.75, 3.05) is 0 Å². The minimum absolute atomic E-state index is 0.118. The molecule has 0 bridgehead atoms. The summed E-state index contributed by atoms with van der Waals surface area (Å²) in [5.74, 6) is 0. The molecule has 0 saturated heterocycles. The van der Waals surface area contributed by atoms with Crippen molar-refractivity contribution in [3.63, 3.8) is 0 Å². The monoisotopic (exact) mass is 141 g/mol. The average Bonchev–Trinajstić information content (AvgIpc) is 1.97. The fourth-order valence-electron chi connectivity index (χ4n) is 0.325. The Labute approximate surface area is 59.7 Å². The second-order valence-electron chi connectivity index (χ2n) is 1.20. The Morgan fingerprint density at radius 3 is 3.00 bits per heavy atom.